The highest BCUT2D eigenvalue weighted by atomic mass is 32.2. The van der Waals surface area contributed by atoms with Crippen molar-refractivity contribution in [3.8, 4) is 16.9 Å². The van der Waals surface area contributed by atoms with Crippen molar-refractivity contribution in [1.29, 1.82) is 0 Å². The van der Waals surface area contributed by atoms with Crippen LogP contribution in [-0.4, -0.2) is 37.7 Å². The number of benzene rings is 2. The predicted octanol–water partition coefficient (Wildman–Crippen LogP) is 3.45. The molecule has 0 fully saturated rings. The van der Waals surface area contributed by atoms with Crippen LogP contribution >= 0.6 is 0 Å². The highest BCUT2D eigenvalue weighted by Gasteiger charge is 2.17. The van der Waals surface area contributed by atoms with Gasteiger partial charge in [-0.2, -0.15) is 0 Å². The maximum absolute atomic E-state index is 11.9. The number of amides is 1. The molecule has 0 aliphatic carbocycles. The molecule has 3 rings (SSSR count). The van der Waals surface area contributed by atoms with Gasteiger partial charge in [-0.3, -0.25) is 9.59 Å². The molecular formula is C24H26N2O5S. The summed E-state index contributed by atoms with van der Waals surface area (Å²) in [6, 6.07) is 15.7. The van der Waals surface area contributed by atoms with Crippen LogP contribution in [0.5, 0.6) is 0 Å². The molecule has 1 heterocycles. The van der Waals surface area contributed by atoms with Gasteiger partial charge in [0.15, 0.2) is 9.84 Å². The predicted molar refractivity (Wildman–Crippen MR) is 123 cm³/mol. The number of rotatable bonds is 8. The van der Waals surface area contributed by atoms with E-state index in [-0.39, 0.29) is 17.3 Å². The van der Waals surface area contributed by atoms with Gasteiger partial charge in [0.1, 0.15) is 0 Å². The summed E-state index contributed by atoms with van der Waals surface area (Å²) in [4.78, 5) is 23.7. The van der Waals surface area contributed by atoms with Crippen LogP contribution in [0.4, 0.5) is 0 Å². The van der Waals surface area contributed by atoms with Gasteiger partial charge in [0.25, 0.3) is 0 Å². The average Bonchev–Trinajstić information content (AvgIpc) is 3.15. The molecule has 0 unspecified atom stereocenters. The van der Waals surface area contributed by atoms with E-state index in [0.29, 0.717) is 18.6 Å². The number of carbonyl (C=O) groups is 2. The third kappa shape index (κ3) is 5.08. The van der Waals surface area contributed by atoms with Crippen molar-refractivity contribution in [2.24, 2.45) is 5.73 Å². The summed E-state index contributed by atoms with van der Waals surface area (Å²) < 4.78 is 30.7. The number of nitrogens with two attached hydrogens (primary N) is 1. The maximum Gasteiger partial charge on any atom is 0.306 e. The fourth-order valence-corrected chi connectivity index (χ4v) is 4.21. The van der Waals surface area contributed by atoms with Crippen molar-refractivity contribution in [2.45, 2.75) is 31.6 Å². The van der Waals surface area contributed by atoms with E-state index in [1.165, 1.54) is 6.26 Å². The molecular weight excluding hydrogens is 428 g/mol. The van der Waals surface area contributed by atoms with Gasteiger partial charge >= 0.3 is 5.97 Å². The number of aromatic nitrogens is 1. The van der Waals surface area contributed by atoms with Crippen molar-refractivity contribution in [3.63, 3.8) is 0 Å². The van der Waals surface area contributed by atoms with E-state index in [1.54, 1.807) is 43.3 Å². The summed E-state index contributed by atoms with van der Waals surface area (Å²) in [6.07, 6.45) is 1.85. The minimum atomic E-state index is -3.30. The van der Waals surface area contributed by atoms with Crippen LogP contribution in [0.15, 0.2) is 59.5 Å². The van der Waals surface area contributed by atoms with E-state index in [4.69, 9.17) is 10.5 Å². The van der Waals surface area contributed by atoms with Gasteiger partial charge < -0.3 is 15.0 Å². The average molecular weight is 455 g/mol. The van der Waals surface area contributed by atoms with Crippen molar-refractivity contribution in [1.82, 2.24) is 4.57 Å². The van der Waals surface area contributed by atoms with Gasteiger partial charge in [-0.25, -0.2) is 8.42 Å². The number of ether oxygens (including phenoxy) is 1. The molecule has 0 radical (unpaired) electrons. The molecule has 0 atom stereocenters. The molecule has 1 aromatic heterocycles. The van der Waals surface area contributed by atoms with Crippen LogP contribution in [0.2, 0.25) is 0 Å². The summed E-state index contributed by atoms with van der Waals surface area (Å²) in [5, 5.41) is 0. The minimum absolute atomic E-state index is 0.225. The van der Waals surface area contributed by atoms with Crippen LogP contribution in [0.1, 0.15) is 35.0 Å². The first-order valence-corrected chi connectivity index (χ1v) is 12.1. The lowest BCUT2D eigenvalue weighted by Gasteiger charge is -2.17. The Kier molecular flexibility index (Phi) is 6.84. The first-order chi connectivity index (χ1) is 15.1. The fraction of sp³-hybridized carbons (Fsp3) is 0.250. The number of nitrogens with zero attached hydrogens (tertiary/aromatic N) is 1. The van der Waals surface area contributed by atoms with Crippen LogP contribution in [0.25, 0.3) is 16.9 Å². The number of aryl methyl sites for hydroxylation is 2. The Morgan fingerprint density at radius 3 is 2.28 bits per heavy atom. The van der Waals surface area contributed by atoms with Crippen molar-refractivity contribution in [3.05, 3.63) is 71.4 Å². The summed E-state index contributed by atoms with van der Waals surface area (Å²) >= 11 is 0. The molecule has 3 aromatic rings. The quantitative estimate of drug-likeness (QED) is 0.525. The van der Waals surface area contributed by atoms with Gasteiger partial charge in [0.2, 0.25) is 5.91 Å². The second-order valence-corrected chi connectivity index (χ2v) is 9.53. The zero-order valence-electron chi connectivity index (χ0n) is 18.3. The van der Waals surface area contributed by atoms with Crippen molar-refractivity contribution >= 4 is 21.7 Å². The van der Waals surface area contributed by atoms with Gasteiger partial charge in [0.05, 0.1) is 23.6 Å². The normalized spacial score (nSPS) is 11.3. The molecule has 0 aliphatic rings. The molecule has 168 valence electrons. The maximum atomic E-state index is 11.9. The number of primary amides is 1. The molecule has 2 N–H and O–H groups in total. The molecule has 8 heteroatoms. The third-order valence-electron chi connectivity index (χ3n) is 5.15. The molecule has 1 amide bonds. The van der Waals surface area contributed by atoms with E-state index in [0.717, 1.165) is 28.2 Å². The molecule has 0 bridgehead atoms. The number of hydrogen-bond donors (Lipinski definition) is 1. The van der Waals surface area contributed by atoms with E-state index >= 15 is 0 Å². The van der Waals surface area contributed by atoms with E-state index in [2.05, 4.69) is 0 Å². The Bertz CT molecular complexity index is 1260. The molecule has 0 saturated heterocycles. The Morgan fingerprint density at radius 1 is 1.03 bits per heavy atom. The summed E-state index contributed by atoms with van der Waals surface area (Å²) in [5.74, 6) is -0.786. The van der Waals surface area contributed by atoms with Crippen molar-refractivity contribution < 1.29 is 22.7 Å². The van der Waals surface area contributed by atoms with Gasteiger partial charge in [-0.05, 0) is 73.9 Å². The number of carbonyl (C=O) groups excluding carboxylic acids is 2. The summed E-state index contributed by atoms with van der Waals surface area (Å²) in [5.41, 5.74) is 10.0. The zero-order chi connectivity index (χ0) is 23.5. The molecule has 7 nitrogen and oxygen atoms in total. The Balaban J connectivity index is 2.10. The Morgan fingerprint density at radius 2 is 1.72 bits per heavy atom. The van der Waals surface area contributed by atoms with Gasteiger partial charge in [-0.15, -0.1) is 0 Å². The molecule has 0 aliphatic heterocycles. The first-order valence-electron chi connectivity index (χ1n) is 10.2. The van der Waals surface area contributed by atoms with E-state index in [9.17, 15) is 18.0 Å². The molecule has 2 aromatic carbocycles. The van der Waals surface area contributed by atoms with Crippen molar-refractivity contribution in [2.75, 3.05) is 12.9 Å². The largest absolute Gasteiger partial charge is 0.466 e. The second-order valence-electron chi connectivity index (χ2n) is 7.51. The number of sulfone groups is 1. The lowest BCUT2D eigenvalue weighted by atomic mass is 10.1. The second kappa shape index (κ2) is 9.40. The monoisotopic (exact) mass is 454 g/mol. The Hall–Kier alpha value is -3.39. The van der Waals surface area contributed by atoms with Crippen LogP contribution < -0.4 is 5.73 Å². The van der Waals surface area contributed by atoms with Gasteiger partial charge in [-0.1, -0.05) is 12.1 Å². The fourth-order valence-electron chi connectivity index (χ4n) is 3.58. The minimum Gasteiger partial charge on any atom is -0.466 e. The van der Waals surface area contributed by atoms with Crippen LogP contribution in [0.3, 0.4) is 0 Å². The topological polar surface area (TPSA) is 108 Å². The smallest absolute Gasteiger partial charge is 0.306 e. The highest BCUT2D eigenvalue weighted by molar-refractivity contribution is 7.90. The highest BCUT2D eigenvalue weighted by Crippen LogP contribution is 2.30. The lowest BCUT2D eigenvalue weighted by Crippen LogP contribution is -2.12. The molecule has 32 heavy (non-hydrogen) atoms. The third-order valence-corrected chi connectivity index (χ3v) is 6.28. The lowest BCUT2D eigenvalue weighted by molar-refractivity contribution is -0.143. The summed E-state index contributed by atoms with van der Waals surface area (Å²) in [6.45, 7) is 3.97. The number of hydrogen-bond acceptors (Lipinski definition) is 5. The van der Waals surface area contributed by atoms with E-state index < -0.39 is 15.7 Å². The summed E-state index contributed by atoms with van der Waals surface area (Å²) in [7, 11) is -3.30. The zero-order valence-corrected chi connectivity index (χ0v) is 19.1. The van der Waals surface area contributed by atoms with Crippen LogP contribution in [-0.2, 0) is 25.8 Å². The first kappa shape index (κ1) is 23.3. The Labute approximate surface area is 187 Å². The van der Waals surface area contributed by atoms with Gasteiger partial charge in [0, 0.05) is 23.2 Å². The standard InChI is InChI=1S/C24H26N2O5S/c1-4-31-23(27)14-9-19-8-13-22(17-5-10-20(11-6-17)32(3,29)30)26(19)21-12-7-18(24(25)28)15-16(21)2/h5-8,10-13,15H,4,9,14H2,1-3H3,(H2,25,28). The number of esters is 1. The molecule has 0 spiro atoms. The van der Waals surface area contributed by atoms with Crippen LogP contribution in [0, 0.1) is 6.92 Å². The SMILES string of the molecule is CCOC(=O)CCc1ccc(-c2ccc(S(C)(=O)=O)cc2)n1-c1ccc(C(N)=O)cc1C. The van der Waals surface area contributed by atoms with E-state index in [1.807, 2.05) is 29.7 Å². The molecule has 0 saturated carbocycles.